The second-order valence-corrected chi connectivity index (χ2v) is 7.89. The molecule has 1 rings (SSSR count). The van der Waals surface area contributed by atoms with E-state index in [1.165, 1.54) is 45.3 Å². The van der Waals surface area contributed by atoms with E-state index in [1.54, 1.807) is 0 Å². The third kappa shape index (κ3) is 5.73. The first-order valence-corrected chi connectivity index (χ1v) is 8.84. The van der Waals surface area contributed by atoms with E-state index in [2.05, 4.69) is 51.8 Å². The van der Waals surface area contributed by atoms with Crippen molar-refractivity contribution in [2.75, 3.05) is 26.2 Å². The van der Waals surface area contributed by atoms with Crippen molar-refractivity contribution < 1.29 is 0 Å². The molecule has 2 unspecified atom stereocenters. The maximum atomic E-state index is 3.77. The van der Waals surface area contributed by atoms with Gasteiger partial charge in [0.25, 0.3) is 0 Å². The van der Waals surface area contributed by atoms with Crippen LogP contribution in [0.15, 0.2) is 0 Å². The van der Waals surface area contributed by atoms with Crippen LogP contribution in [-0.2, 0) is 0 Å². The normalized spacial score (nSPS) is 21.9. The number of hydrogen-bond donors (Lipinski definition) is 1. The summed E-state index contributed by atoms with van der Waals surface area (Å²) < 4.78 is 0. The Morgan fingerprint density at radius 2 is 1.75 bits per heavy atom. The van der Waals surface area contributed by atoms with Crippen molar-refractivity contribution in [1.82, 2.24) is 10.2 Å². The zero-order valence-electron chi connectivity index (χ0n) is 14.8. The van der Waals surface area contributed by atoms with Gasteiger partial charge in [-0.05, 0) is 56.1 Å². The Morgan fingerprint density at radius 1 is 1.15 bits per heavy atom. The van der Waals surface area contributed by atoms with Gasteiger partial charge in [0.1, 0.15) is 0 Å². The molecule has 0 aliphatic carbocycles. The van der Waals surface area contributed by atoms with Crippen molar-refractivity contribution in [1.29, 1.82) is 0 Å². The molecular weight excluding hydrogens is 244 g/mol. The first kappa shape index (κ1) is 18.0. The van der Waals surface area contributed by atoms with E-state index in [1.807, 2.05) is 0 Å². The van der Waals surface area contributed by atoms with E-state index in [0.717, 1.165) is 18.4 Å². The Morgan fingerprint density at radius 3 is 2.20 bits per heavy atom. The summed E-state index contributed by atoms with van der Waals surface area (Å²) in [6.07, 6.45) is 5.27. The Labute approximate surface area is 127 Å². The van der Waals surface area contributed by atoms with Crippen LogP contribution in [0.1, 0.15) is 67.2 Å². The fraction of sp³-hybridized carbons (Fsp3) is 1.00. The fourth-order valence-electron chi connectivity index (χ4n) is 3.32. The molecule has 1 heterocycles. The van der Waals surface area contributed by atoms with E-state index < -0.39 is 0 Å². The van der Waals surface area contributed by atoms with Crippen molar-refractivity contribution in [3.8, 4) is 0 Å². The topological polar surface area (TPSA) is 15.3 Å². The van der Waals surface area contributed by atoms with Gasteiger partial charge in [-0.3, -0.25) is 0 Å². The maximum absolute atomic E-state index is 3.77. The molecule has 1 aliphatic rings. The summed E-state index contributed by atoms with van der Waals surface area (Å²) in [7, 11) is 0. The van der Waals surface area contributed by atoms with Gasteiger partial charge < -0.3 is 10.2 Å². The summed E-state index contributed by atoms with van der Waals surface area (Å²) in [5.41, 5.74) is 0.489. The Hall–Kier alpha value is -0.0800. The molecule has 2 heteroatoms. The monoisotopic (exact) mass is 282 g/mol. The van der Waals surface area contributed by atoms with Crippen LogP contribution >= 0.6 is 0 Å². The molecule has 2 atom stereocenters. The van der Waals surface area contributed by atoms with Gasteiger partial charge in [0.15, 0.2) is 0 Å². The van der Waals surface area contributed by atoms with E-state index >= 15 is 0 Å². The van der Waals surface area contributed by atoms with Crippen LogP contribution in [0.25, 0.3) is 0 Å². The minimum Gasteiger partial charge on any atom is -0.312 e. The lowest BCUT2D eigenvalue weighted by Crippen LogP contribution is -2.48. The van der Waals surface area contributed by atoms with Crippen molar-refractivity contribution in [3.05, 3.63) is 0 Å². The quantitative estimate of drug-likeness (QED) is 0.754. The highest BCUT2D eigenvalue weighted by atomic mass is 15.2. The van der Waals surface area contributed by atoms with Gasteiger partial charge in [-0.1, -0.05) is 48.0 Å². The van der Waals surface area contributed by atoms with Crippen molar-refractivity contribution in [2.45, 2.75) is 73.3 Å². The highest BCUT2D eigenvalue weighted by Crippen LogP contribution is 2.34. The molecule has 1 aliphatic heterocycles. The van der Waals surface area contributed by atoms with Gasteiger partial charge in [0, 0.05) is 12.6 Å². The molecule has 1 saturated heterocycles. The summed E-state index contributed by atoms with van der Waals surface area (Å²) in [6, 6.07) is 0.672. The predicted molar refractivity (Wildman–Crippen MR) is 90.2 cm³/mol. The Kier molecular flexibility index (Phi) is 7.53. The third-order valence-electron chi connectivity index (χ3n) is 5.25. The number of nitrogens with one attached hydrogen (secondary N) is 1. The van der Waals surface area contributed by atoms with E-state index in [-0.39, 0.29) is 0 Å². The zero-order chi connectivity index (χ0) is 15.2. The molecule has 0 aromatic rings. The maximum Gasteiger partial charge on any atom is 0.0220 e. The van der Waals surface area contributed by atoms with Crippen LogP contribution in [0.4, 0.5) is 0 Å². The molecule has 0 aromatic heterocycles. The average molecular weight is 283 g/mol. The smallest absolute Gasteiger partial charge is 0.0220 e. The van der Waals surface area contributed by atoms with Gasteiger partial charge in [-0.2, -0.15) is 0 Å². The van der Waals surface area contributed by atoms with Crippen molar-refractivity contribution in [2.24, 2.45) is 17.3 Å². The first-order chi connectivity index (χ1) is 9.38. The van der Waals surface area contributed by atoms with Gasteiger partial charge in [0.05, 0.1) is 0 Å². The SMILES string of the molecule is CCCNC(CN1CCC(C(C)(C)C)CC1)C(C)CC. The lowest BCUT2D eigenvalue weighted by atomic mass is 9.75. The van der Waals surface area contributed by atoms with Crippen LogP contribution in [0, 0.1) is 17.3 Å². The summed E-state index contributed by atoms with van der Waals surface area (Å²) in [5.74, 6) is 1.69. The van der Waals surface area contributed by atoms with Crippen LogP contribution in [0.2, 0.25) is 0 Å². The lowest BCUT2D eigenvalue weighted by Gasteiger charge is -2.40. The largest absolute Gasteiger partial charge is 0.312 e. The van der Waals surface area contributed by atoms with Gasteiger partial charge >= 0.3 is 0 Å². The minimum absolute atomic E-state index is 0.489. The minimum atomic E-state index is 0.489. The molecule has 0 spiro atoms. The first-order valence-electron chi connectivity index (χ1n) is 8.84. The van der Waals surface area contributed by atoms with Gasteiger partial charge in [0.2, 0.25) is 0 Å². The number of rotatable bonds is 7. The summed E-state index contributed by atoms with van der Waals surface area (Å²) in [5, 5.41) is 3.77. The van der Waals surface area contributed by atoms with Gasteiger partial charge in [-0.15, -0.1) is 0 Å². The number of piperidine rings is 1. The van der Waals surface area contributed by atoms with E-state index in [9.17, 15) is 0 Å². The fourth-order valence-corrected chi connectivity index (χ4v) is 3.32. The molecule has 0 saturated carbocycles. The predicted octanol–water partition coefficient (Wildman–Crippen LogP) is 4.16. The second-order valence-electron chi connectivity index (χ2n) is 7.89. The summed E-state index contributed by atoms with van der Waals surface area (Å²) >= 11 is 0. The summed E-state index contributed by atoms with van der Waals surface area (Å²) in [4.78, 5) is 2.70. The molecule has 120 valence electrons. The molecule has 0 amide bonds. The third-order valence-corrected chi connectivity index (χ3v) is 5.25. The Bertz CT molecular complexity index is 249. The molecule has 0 radical (unpaired) electrons. The summed E-state index contributed by atoms with van der Waals surface area (Å²) in [6.45, 7) is 19.2. The number of hydrogen-bond acceptors (Lipinski definition) is 2. The molecular formula is C18H38N2. The molecule has 0 aromatic carbocycles. The molecule has 20 heavy (non-hydrogen) atoms. The highest BCUT2D eigenvalue weighted by molar-refractivity contribution is 4.84. The number of nitrogens with zero attached hydrogens (tertiary/aromatic N) is 1. The molecule has 2 nitrogen and oxygen atoms in total. The van der Waals surface area contributed by atoms with E-state index in [0.29, 0.717) is 11.5 Å². The molecule has 1 N–H and O–H groups in total. The van der Waals surface area contributed by atoms with E-state index in [4.69, 9.17) is 0 Å². The lowest BCUT2D eigenvalue weighted by molar-refractivity contribution is 0.0988. The molecule has 1 fully saturated rings. The second kappa shape index (κ2) is 8.38. The van der Waals surface area contributed by atoms with Crippen molar-refractivity contribution in [3.63, 3.8) is 0 Å². The standard InChI is InChI=1S/C18H38N2/c1-7-11-19-17(15(3)8-2)14-20-12-9-16(10-13-20)18(4,5)6/h15-17,19H,7-14H2,1-6H3. The van der Waals surface area contributed by atoms with Crippen LogP contribution in [0.3, 0.4) is 0 Å². The van der Waals surface area contributed by atoms with Crippen molar-refractivity contribution >= 4 is 0 Å². The number of likely N-dealkylation sites (tertiary alicyclic amines) is 1. The molecule has 0 bridgehead atoms. The zero-order valence-corrected chi connectivity index (χ0v) is 14.8. The van der Waals surface area contributed by atoms with Gasteiger partial charge in [-0.25, -0.2) is 0 Å². The average Bonchev–Trinajstić information content (AvgIpc) is 2.42. The van der Waals surface area contributed by atoms with Crippen LogP contribution < -0.4 is 5.32 Å². The van der Waals surface area contributed by atoms with Crippen LogP contribution in [-0.4, -0.2) is 37.1 Å². The Balaban J connectivity index is 2.42. The van der Waals surface area contributed by atoms with Crippen LogP contribution in [0.5, 0.6) is 0 Å². The highest BCUT2D eigenvalue weighted by Gasteiger charge is 2.29.